The molecule has 26 heavy (non-hydrogen) atoms. The summed E-state index contributed by atoms with van der Waals surface area (Å²) in [6.45, 7) is 1.87. The fourth-order valence-corrected chi connectivity index (χ4v) is 2.68. The Kier molecular flexibility index (Phi) is 4.97. The van der Waals surface area contributed by atoms with Crippen LogP contribution < -0.4 is 14.8 Å². The summed E-state index contributed by atoms with van der Waals surface area (Å²) in [6, 6.07) is 10.3. The number of carbonyl (C=O) groups excluding carboxylic acids is 1. The van der Waals surface area contributed by atoms with Crippen LogP contribution in [0.5, 0.6) is 17.2 Å². The number of methoxy groups -OCH3 is 2. The normalized spacial score (nSPS) is 15.8. The molecule has 0 fully saturated rings. The molecule has 1 amide bonds. The van der Waals surface area contributed by atoms with Gasteiger partial charge in [0.15, 0.2) is 0 Å². The van der Waals surface area contributed by atoms with Crippen molar-refractivity contribution >= 4 is 17.3 Å². The van der Waals surface area contributed by atoms with E-state index in [1.54, 1.807) is 44.6 Å². The number of nitrogens with one attached hydrogen (secondary N) is 1. The fraction of sp³-hybridized carbons (Fsp3) is 0.263. The van der Waals surface area contributed by atoms with E-state index in [1.165, 1.54) is 6.07 Å². The lowest BCUT2D eigenvalue weighted by Gasteiger charge is -2.12. The second-order valence-electron chi connectivity index (χ2n) is 5.91. The van der Waals surface area contributed by atoms with Crippen LogP contribution in [0.4, 0.5) is 5.69 Å². The molecule has 0 unspecified atom stereocenters. The number of aromatic hydroxyl groups is 1. The SMILES string of the molecule is COc1ccc(OC)c(C2=NO[C@@H](C(=O)Nc3cc(C)ccc3O)C2)c1. The van der Waals surface area contributed by atoms with Crippen molar-refractivity contribution in [3.05, 3.63) is 47.5 Å². The maximum atomic E-state index is 12.5. The number of ether oxygens (including phenoxy) is 2. The molecule has 7 heteroatoms. The highest BCUT2D eigenvalue weighted by Crippen LogP contribution is 2.30. The predicted molar refractivity (Wildman–Crippen MR) is 97.0 cm³/mol. The molecule has 0 aromatic heterocycles. The zero-order valence-electron chi connectivity index (χ0n) is 14.8. The van der Waals surface area contributed by atoms with E-state index in [-0.39, 0.29) is 18.1 Å². The number of amides is 1. The maximum Gasteiger partial charge on any atom is 0.268 e. The number of anilines is 1. The first kappa shape index (κ1) is 17.6. The van der Waals surface area contributed by atoms with Crippen molar-refractivity contribution < 1.29 is 24.2 Å². The minimum Gasteiger partial charge on any atom is -0.506 e. The van der Waals surface area contributed by atoms with Crippen LogP contribution in [-0.4, -0.2) is 37.0 Å². The molecule has 2 N–H and O–H groups in total. The summed E-state index contributed by atoms with van der Waals surface area (Å²) in [7, 11) is 3.13. The van der Waals surface area contributed by atoms with Gasteiger partial charge in [0.25, 0.3) is 5.91 Å². The van der Waals surface area contributed by atoms with Gasteiger partial charge < -0.3 is 24.7 Å². The number of phenolic OH excluding ortho intramolecular Hbond substituents is 1. The Balaban J connectivity index is 1.74. The Morgan fingerprint density at radius 2 is 2.04 bits per heavy atom. The quantitative estimate of drug-likeness (QED) is 0.804. The maximum absolute atomic E-state index is 12.5. The molecule has 1 atom stereocenters. The van der Waals surface area contributed by atoms with Gasteiger partial charge in [-0.05, 0) is 42.8 Å². The highest BCUT2D eigenvalue weighted by Gasteiger charge is 2.31. The molecule has 2 aromatic rings. The number of phenols is 1. The number of carbonyl (C=O) groups is 1. The summed E-state index contributed by atoms with van der Waals surface area (Å²) < 4.78 is 10.6. The first-order valence-electron chi connectivity index (χ1n) is 8.07. The van der Waals surface area contributed by atoms with Crippen LogP contribution in [-0.2, 0) is 9.63 Å². The van der Waals surface area contributed by atoms with Crippen molar-refractivity contribution in [2.75, 3.05) is 19.5 Å². The van der Waals surface area contributed by atoms with Crippen molar-refractivity contribution in [1.82, 2.24) is 0 Å². The van der Waals surface area contributed by atoms with Crippen LogP contribution in [0.3, 0.4) is 0 Å². The van der Waals surface area contributed by atoms with Crippen molar-refractivity contribution in [3.8, 4) is 17.2 Å². The number of nitrogens with zero attached hydrogens (tertiary/aromatic N) is 1. The average Bonchev–Trinajstić information content (AvgIpc) is 3.14. The van der Waals surface area contributed by atoms with Crippen molar-refractivity contribution in [2.24, 2.45) is 5.16 Å². The molecular weight excluding hydrogens is 336 g/mol. The summed E-state index contributed by atoms with van der Waals surface area (Å²) >= 11 is 0. The fourth-order valence-electron chi connectivity index (χ4n) is 2.68. The predicted octanol–water partition coefficient (Wildman–Crippen LogP) is 2.85. The molecule has 1 aliphatic rings. The van der Waals surface area contributed by atoms with Crippen LogP contribution in [0, 0.1) is 6.92 Å². The van der Waals surface area contributed by atoms with Crippen LogP contribution in [0.25, 0.3) is 0 Å². The highest BCUT2D eigenvalue weighted by atomic mass is 16.6. The molecule has 0 spiro atoms. The summed E-state index contributed by atoms with van der Waals surface area (Å²) in [4.78, 5) is 17.8. The number of oxime groups is 1. The van der Waals surface area contributed by atoms with Gasteiger partial charge in [-0.15, -0.1) is 0 Å². The Morgan fingerprint density at radius 1 is 1.23 bits per heavy atom. The molecular formula is C19H20N2O5. The largest absolute Gasteiger partial charge is 0.506 e. The lowest BCUT2D eigenvalue weighted by atomic mass is 10.0. The Morgan fingerprint density at radius 3 is 2.77 bits per heavy atom. The van der Waals surface area contributed by atoms with Gasteiger partial charge in [-0.25, -0.2) is 0 Å². The van der Waals surface area contributed by atoms with E-state index in [2.05, 4.69) is 10.5 Å². The second kappa shape index (κ2) is 7.35. The van der Waals surface area contributed by atoms with Crippen molar-refractivity contribution in [1.29, 1.82) is 0 Å². The molecule has 0 saturated carbocycles. The lowest BCUT2D eigenvalue weighted by molar-refractivity contribution is -0.125. The summed E-state index contributed by atoms with van der Waals surface area (Å²) in [6.07, 6.45) is -0.511. The van der Waals surface area contributed by atoms with Crippen LogP contribution in [0.1, 0.15) is 17.5 Å². The molecule has 1 aliphatic heterocycles. The number of rotatable bonds is 5. The van der Waals surface area contributed by atoms with Crippen LogP contribution >= 0.6 is 0 Å². The number of hydrogen-bond acceptors (Lipinski definition) is 6. The van der Waals surface area contributed by atoms with E-state index >= 15 is 0 Å². The lowest BCUT2D eigenvalue weighted by Crippen LogP contribution is -2.28. The molecule has 7 nitrogen and oxygen atoms in total. The third kappa shape index (κ3) is 3.56. The monoisotopic (exact) mass is 356 g/mol. The Labute approximate surface area is 151 Å². The van der Waals surface area contributed by atoms with E-state index < -0.39 is 6.10 Å². The van der Waals surface area contributed by atoms with Gasteiger partial charge in [0.2, 0.25) is 6.10 Å². The van der Waals surface area contributed by atoms with Gasteiger partial charge in [0.05, 0.1) is 25.6 Å². The minimum atomic E-state index is -0.791. The average molecular weight is 356 g/mol. The molecule has 136 valence electrons. The van der Waals surface area contributed by atoms with Gasteiger partial charge >= 0.3 is 0 Å². The van der Waals surface area contributed by atoms with E-state index in [1.807, 2.05) is 6.92 Å². The molecule has 3 rings (SSSR count). The molecule has 0 saturated heterocycles. The number of aryl methyl sites for hydroxylation is 1. The summed E-state index contributed by atoms with van der Waals surface area (Å²) in [5, 5.41) is 16.6. The van der Waals surface area contributed by atoms with Crippen molar-refractivity contribution in [2.45, 2.75) is 19.4 Å². The Bertz CT molecular complexity index is 863. The molecule has 0 aliphatic carbocycles. The second-order valence-corrected chi connectivity index (χ2v) is 5.91. The smallest absolute Gasteiger partial charge is 0.268 e. The minimum absolute atomic E-state index is 0.00227. The summed E-state index contributed by atoms with van der Waals surface area (Å²) in [5.74, 6) is 0.885. The third-order valence-electron chi connectivity index (χ3n) is 4.09. The Hall–Kier alpha value is -3.22. The molecule has 1 heterocycles. The molecule has 0 radical (unpaired) electrons. The first-order valence-corrected chi connectivity index (χ1v) is 8.07. The zero-order chi connectivity index (χ0) is 18.7. The summed E-state index contributed by atoms with van der Waals surface area (Å²) in [5.41, 5.74) is 2.56. The van der Waals surface area contributed by atoms with Crippen molar-refractivity contribution in [3.63, 3.8) is 0 Å². The van der Waals surface area contributed by atoms with Gasteiger partial charge in [0.1, 0.15) is 17.2 Å². The number of benzene rings is 2. The van der Waals surface area contributed by atoms with E-state index in [4.69, 9.17) is 14.3 Å². The van der Waals surface area contributed by atoms with E-state index in [0.717, 1.165) is 5.56 Å². The van der Waals surface area contributed by atoms with Crippen LogP contribution in [0.15, 0.2) is 41.6 Å². The van der Waals surface area contributed by atoms with E-state index in [0.29, 0.717) is 28.5 Å². The van der Waals surface area contributed by atoms with Gasteiger partial charge in [0, 0.05) is 12.0 Å². The zero-order valence-corrected chi connectivity index (χ0v) is 14.8. The topological polar surface area (TPSA) is 89.4 Å². The number of hydrogen-bond donors (Lipinski definition) is 2. The molecule has 2 aromatic carbocycles. The first-order chi connectivity index (χ1) is 12.5. The van der Waals surface area contributed by atoms with Gasteiger partial charge in [-0.1, -0.05) is 11.2 Å². The molecule has 0 bridgehead atoms. The van der Waals surface area contributed by atoms with Gasteiger partial charge in [-0.2, -0.15) is 0 Å². The van der Waals surface area contributed by atoms with E-state index in [9.17, 15) is 9.90 Å². The van der Waals surface area contributed by atoms with Crippen LogP contribution in [0.2, 0.25) is 0 Å². The third-order valence-corrected chi connectivity index (χ3v) is 4.09. The van der Waals surface area contributed by atoms with Gasteiger partial charge in [-0.3, -0.25) is 4.79 Å². The highest BCUT2D eigenvalue weighted by molar-refractivity contribution is 6.08. The standard InChI is InChI=1S/C19H20N2O5/c1-11-4-6-16(22)15(8-11)20-19(23)18-10-14(21-26-18)13-9-12(24-2)5-7-17(13)25-3/h4-9,18,22H,10H2,1-3H3,(H,20,23)/t18-/m1/s1.